The SMILES string of the molecule is CCOc1ccc(CSc2nc(N3C=COCC3)c3ncn(C)c3n2)cc1N=O. The van der Waals surface area contributed by atoms with E-state index < -0.39 is 0 Å². The van der Waals surface area contributed by atoms with Crippen molar-refractivity contribution < 1.29 is 9.47 Å². The molecule has 0 saturated heterocycles. The first-order valence-corrected chi connectivity index (χ1v) is 10.1. The van der Waals surface area contributed by atoms with Gasteiger partial charge in [0.2, 0.25) is 0 Å². The molecule has 1 aliphatic heterocycles. The van der Waals surface area contributed by atoms with Crippen LogP contribution in [0.15, 0.2) is 47.3 Å². The molecule has 3 aromatic rings. The Morgan fingerprint density at radius 2 is 2.24 bits per heavy atom. The van der Waals surface area contributed by atoms with Crippen LogP contribution < -0.4 is 9.64 Å². The van der Waals surface area contributed by atoms with Crippen LogP contribution >= 0.6 is 11.8 Å². The molecule has 1 aliphatic rings. The van der Waals surface area contributed by atoms with Crippen LogP contribution in [0.3, 0.4) is 0 Å². The lowest BCUT2D eigenvalue weighted by molar-refractivity contribution is 0.245. The van der Waals surface area contributed by atoms with Crippen LogP contribution in [0.5, 0.6) is 5.75 Å². The number of aryl methyl sites for hydroxylation is 1. The Morgan fingerprint density at radius 1 is 1.34 bits per heavy atom. The van der Waals surface area contributed by atoms with Crippen molar-refractivity contribution >= 4 is 34.4 Å². The van der Waals surface area contributed by atoms with E-state index in [1.165, 1.54) is 11.8 Å². The van der Waals surface area contributed by atoms with Crippen LogP contribution in [-0.4, -0.2) is 39.3 Å². The van der Waals surface area contributed by atoms with Crippen LogP contribution in [-0.2, 0) is 17.5 Å². The van der Waals surface area contributed by atoms with Gasteiger partial charge in [0, 0.05) is 19.0 Å². The number of fused-ring (bicyclic) bond motifs is 1. The Balaban J connectivity index is 1.61. The molecule has 2 aromatic heterocycles. The van der Waals surface area contributed by atoms with E-state index in [0.29, 0.717) is 42.1 Å². The number of aromatic nitrogens is 4. The Bertz CT molecular complexity index is 1070. The second-order valence-corrected chi connectivity index (χ2v) is 7.26. The molecule has 0 bridgehead atoms. The Hall–Kier alpha value is -3.14. The number of imidazole rings is 1. The lowest BCUT2D eigenvalue weighted by Crippen LogP contribution is -2.25. The van der Waals surface area contributed by atoms with E-state index in [9.17, 15) is 4.91 Å². The van der Waals surface area contributed by atoms with Gasteiger partial charge in [0.15, 0.2) is 22.1 Å². The molecule has 0 amide bonds. The third kappa shape index (κ3) is 4.02. The molecule has 0 unspecified atom stereocenters. The normalized spacial score (nSPS) is 13.5. The van der Waals surface area contributed by atoms with Crippen LogP contribution in [0.25, 0.3) is 11.2 Å². The lowest BCUT2D eigenvalue weighted by atomic mass is 10.2. The Kier molecular flexibility index (Phi) is 5.61. The van der Waals surface area contributed by atoms with Gasteiger partial charge in [0.25, 0.3) is 0 Å². The van der Waals surface area contributed by atoms with Crippen molar-refractivity contribution in [2.45, 2.75) is 17.8 Å². The summed E-state index contributed by atoms with van der Waals surface area (Å²) in [5.41, 5.74) is 2.75. The molecule has 3 heterocycles. The summed E-state index contributed by atoms with van der Waals surface area (Å²) in [5, 5.41) is 3.70. The molecule has 10 heteroatoms. The highest BCUT2D eigenvalue weighted by atomic mass is 32.2. The van der Waals surface area contributed by atoms with Crippen LogP contribution in [0.1, 0.15) is 12.5 Å². The maximum Gasteiger partial charge on any atom is 0.191 e. The molecule has 29 heavy (non-hydrogen) atoms. The number of thioether (sulfide) groups is 1. The average Bonchev–Trinajstić information content (AvgIpc) is 3.14. The van der Waals surface area contributed by atoms with Gasteiger partial charge in [-0.05, 0) is 29.8 Å². The molecule has 1 aromatic carbocycles. The minimum Gasteiger partial charge on any atom is -0.498 e. The van der Waals surface area contributed by atoms with Gasteiger partial charge < -0.3 is 18.9 Å². The fraction of sp³-hybridized carbons (Fsp3) is 0.316. The van der Waals surface area contributed by atoms with Crippen molar-refractivity contribution in [3.8, 4) is 5.75 Å². The zero-order chi connectivity index (χ0) is 20.2. The molecular formula is C19H20N6O3S. The van der Waals surface area contributed by atoms with Crippen molar-refractivity contribution in [2.24, 2.45) is 12.2 Å². The van der Waals surface area contributed by atoms with Gasteiger partial charge in [0.1, 0.15) is 18.0 Å². The summed E-state index contributed by atoms with van der Waals surface area (Å²) in [4.78, 5) is 27.0. The number of rotatable bonds is 7. The summed E-state index contributed by atoms with van der Waals surface area (Å²) >= 11 is 1.49. The van der Waals surface area contributed by atoms with Gasteiger partial charge in [-0.2, -0.15) is 0 Å². The molecule has 4 rings (SSSR count). The molecular weight excluding hydrogens is 392 g/mol. The number of hydrogen-bond donors (Lipinski definition) is 0. The van der Waals surface area contributed by atoms with E-state index in [1.54, 1.807) is 24.7 Å². The highest BCUT2D eigenvalue weighted by Crippen LogP contribution is 2.32. The largest absolute Gasteiger partial charge is 0.498 e. The van der Waals surface area contributed by atoms with Crippen LogP contribution in [0.2, 0.25) is 0 Å². The molecule has 0 spiro atoms. The van der Waals surface area contributed by atoms with Crippen molar-refractivity contribution in [3.05, 3.63) is 47.5 Å². The molecule has 9 nitrogen and oxygen atoms in total. The Morgan fingerprint density at radius 3 is 3.00 bits per heavy atom. The summed E-state index contributed by atoms with van der Waals surface area (Å²) in [7, 11) is 1.91. The monoisotopic (exact) mass is 412 g/mol. The highest BCUT2D eigenvalue weighted by Gasteiger charge is 2.18. The summed E-state index contributed by atoms with van der Waals surface area (Å²) in [6.07, 6.45) is 5.24. The minimum atomic E-state index is 0.298. The van der Waals surface area contributed by atoms with E-state index in [4.69, 9.17) is 14.5 Å². The summed E-state index contributed by atoms with van der Waals surface area (Å²) in [6, 6.07) is 5.42. The van der Waals surface area contributed by atoms with E-state index in [1.807, 2.05) is 35.7 Å². The van der Waals surface area contributed by atoms with Gasteiger partial charge in [-0.3, -0.25) is 0 Å². The van der Waals surface area contributed by atoms with Gasteiger partial charge in [-0.1, -0.05) is 17.8 Å². The van der Waals surface area contributed by atoms with Crippen molar-refractivity contribution in [2.75, 3.05) is 24.7 Å². The summed E-state index contributed by atoms with van der Waals surface area (Å²) in [5.74, 6) is 1.83. The van der Waals surface area contributed by atoms with E-state index in [0.717, 1.165) is 22.5 Å². The smallest absolute Gasteiger partial charge is 0.191 e. The number of nitroso groups, excluding NO2 is 1. The van der Waals surface area contributed by atoms with Gasteiger partial charge in [-0.25, -0.2) is 15.0 Å². The standard InChI is InChI=1S/C19H20N6O3S/c1-3-28-15-5-4-13(10-14(15)23-26)11-29-19-21-17-16(20-12-24(17)2)18(22-19)25-6-8-27-9-7-25/h4-6,8,10,12H,3,7,9,11H2,1-2H3. The number of nitrogens with zero attached hydrogens (tertiary/aromatic N) is 6. The quantitative estimate of drug-likeness (QED) is 0.329. The van der Waals surface area contributed by atoms with Gasteiger partial charge in [0.05, 0.1) is 25.7 Å². The van der Waals surface area contributed by atoms with E-state index >= 15 is 0 Å². The fourth-order valence-electron chi connectivity index (χ4n) is 2.97. The third-order valence-corrected chi connectivity index (χ3v) is 5.29. The van der Waals surface area contributed by atoms with Crippen molar-refractivity contribution in [3.63, 3.8) is 0 Å². The van der Waals surface area contributed by atoms with Crippen LogP contribution in [0.4, 0.5) is 11.5 Å². The average molecular weight is 412 g/mol. The summed E-state index contributed by atoms with van der Waals surface area (Å²) in [6.45, 7) is 3.63. The maximum atomic E-state index is 11.1. The lowest BCUT2D eigenvalue weighted by Gasteiger charge is -2.22. The van der Waals surface area contributed by atoms with Crippen molar-refractivity contribution in [1.29, 1.82) is 0 Å². The first kappa shape index (κ1) is 19.2. The molecule has 0 atom stereocenters. The van der Waals surface area contributed by atoms with Crippen LogP contribution in [0, 0.1) is 4.91 Å². The Labute approximate surface area is 171 Å². The molecule has 0 saturated carbocycles. The molecule has 0 radical (unpaired) electrons. The topological polar surface area (TPSA) is 94.7 Å². The molecule has 0 aliphatic carbocycles. The first-order valence-electron chi connectivity index (χ1n) is 9.15. The molecule has 0 fully saturated rings. The fourth-order valence-corrected chi connectivity index (χ4v) is 3.75. The second-order valence-electron chi connectivity index (χ2n) is 6.32. The zero-order valence-electron chi connectivity index (χ0n) is 16.1. The van der Waals surface area contributed by atoms with E-state index in [2.05, 4.69) is 15.1 Å². The van der Waals surface area contributed by atoms with Gasteiger partial charge >= 0.3 is 0 Å². The number of ether oxygens (including phenoxy) is 2. The number of hydrogen-bond acceptors (Lipinski definition) is 9. The predicted octanol–water partition coefficient (Wildman–Crippen LogP) is 3.76. The number of benzene rings is 1. The van der Waals surface area contributed by atoms with E-state index in [-0.39, 0.29) is 0 Å². The zero-order valence-corrected chi connectivity index (χ0v) is 16.9. The summed E-state index contributed by atoms with van der Waals surface area (Å²) < 4.78 is 12.6. The van der Waals surface area contributed by atoms with Crippen molar-refractivity contribution in [1.82, 2.24) is 19.5 Å². The first-order chi connectivity index (χ1) is 14.2. The molecule has 150 valence electrons. The maximum absolute atomic E-state index is 11.1. The minimum absolute atomic E-state index is 0.298. The predicted molar refractivity (Wildman–Crippen MR) is 111 cm³/mol. The van der Waals surface area contributed by atoms with Gasteiger partial charge in [-0.15, -0.1) is 4.91 Å². The number of anilines is 1. The highest BCUT2D eigenvalue weighted by molar-refractivity contribution is 7.98. The molecule has 0 N–H and O–H groups in total. The second kappa shape index (κ2) is 8.48. The third-order valence-electron chi connectivity index (χ3n) is 4.37.